The van der Waals surface area contributed by atoms with Crippen LogP contribution in [-0.4, -0.2) is 42.2 Å². The van der Waals surface area contributed by atoms with Crippen molar-refractivity contribution in [2.24, 2.45) is 0 Å². The number of carbonyl (C=O) groups excluding carboxylic acids is 2. The molecule has 162 valence electrons. The minimum atomic E-state index is -0.675. The predicted octanol–water partition coefficient (Wildman–Crippen LogP) is 2.77. The fourth-order valence-electron chi connectivity index (χ4n) is 4.73. The van der Waals surface area contributed by atoms with Crippen LogP contribution in [0.5, 0.6) is 17.2 Å². The van der Waals surface area contributed by atoms with Crippen molar-refractivity contribution in [2.75, 3.05) is 13.2 Å². The van der Waals surface area contributed by atoms with Gasteiger partial charge in [-0.3, -0.25) is 9.59 Å². The first-order valence-corrected chi connectivity index (χ1v) is 10.6. The summed E-state index contributed by atoms with van der Waals surface area (Å²) in [6, 6.07) is 12.6. The lowest BCUT2D eigenvalue weighted by atomic mass is 9.44. The van der Waals surface area contributed by atoms with Crippen molar-refractivity contribution in [1.29, 1.82) is 0 Å². The Morgan fingerprint density at radius 3 is 2.55 bits per heavy atom. The van der Waals surface area contributed by atoms with Crippen molar-refractivity contribution in [3.05, 3.63) is 53.1 Å². The van der Waals surface area contributed by atoms with Gasteiger partial charge < -0.3 is 24.8 Å². The van der Waals surface area contributed by atoms with Crippen LogP contribution in [0, 0.1) is 6.92 Å². The molecule has 8 heteroatoms. The molecule has 1 aliphatic heterocycles. The number of carbonyl (C=O) groups is 2. The highest BCUT2D eigenvalue weighted by Crippen LogP contribution is 2.60. The lowest BCUT2D eigenvalue weighted by Crippen LogP contribution is -2.84. The molecule has 0 saturated heterocycles. The molecule has 0 unspecified atom stereocenters. The van der Waals surface area contributed by atoms with Gasteiger partial charge in [0.25, 0.3) is 11.8 Å². The van der Waals surface area contributed by atoms with E-state index in [4.69, 9.17) is 25.8 Å². The molecule has 0 radical (unpaired) electrons. The average molecular weight is 443 g/mol. The molecule has 0 aromatic heterocycles. The molecule has 31 heavy (non-hydrogen) atoms. The molecule has 7 nitrogen and oxygen atoms in total. The lowest BCUT2D eigenvalue weighted by molar-refractivity contribution is -0.155. The van der Waals surface area contributed by atoms with Gasteiger partial charge in [-0.1, -0.05) is 23.7 Å². The molecule has 2 bridgehead atoms. The molecular formula is C23H23ClN2O5. The summed E-state index contributed by atoms with van der Waals surface area (Å²) in [5, 5.41) is 6.80. The summed E-state index contributed by atoms with van der Waals surface area (Å²) in [4.78, 5) is 25.0. The third-order valence-electron chi connectivity index (χ3n) is 6.12. The summed E-state index contributed by atoms with van der Waals surface area (Å²) in [7, 11) is 0. The highest BCUT2D eigenvalue weighted by molar-refractivity contribution is 6.31. The zero-order chi connectivity index (χ0) is 21.6. The van der Waals surface area contributed by atoms with E-state index >= 15 is 0 Å². The quantitative estimate of drug-likeness (QED) is 0.718. The molecule has 3 fully saturated rings. The second kappa shape index (κ2) is 7.34. The van der Waals surface area contributed by atoms with E-state index in [0.29, 0.717) is 41.5 Å². The maximum Gasteiger partial charge on any atom is 0.265 e. The van der Waals surface area contributed by atoms with E-state index in [1.165, 1.54) is 0 Å². The van der Waals surface area contributed by atoms with Crippen molar-refractivity contribution >= 4 is 23.4 Å². The lowest BCUT2D eigenvalue weighted by Gasteiger charge is -2.70. The molecule has 1 heterocycles. The Kier molecular flexibility index (Phi) is 4.73. The average Bonchev–Trinajstić information content (AvgIpc) is 2.71. The van der Waals surface area contributed by atoms with Crippen LogP contribution in [0.2, 0.25) is 5.02 Å². The number of hydrogen-bond acceptors (Lipinski definition) is 5. The smallest absolute Gasteiger partial charge is 0.265 e. The van der Waals surface area contributed by atoms with Gasteiger partial charge in [0, 0.05) is 16.1 Å². The fraction of sp³-hybridized carbons (Fsp3) is 0.391. The fourth-order valence-corrected chi connectivity index (χ4v) is 4.85. The summed E-state index contributed by atoms with van der Waals surface area (Å²) in [5.41, 5.74) is 0.381. The van der Waals surface area contributed by atoms with Crippen LogP contribution in [-0.2, 0) is 9.59 Å². The van der Waals surface area contributed by atoms with E-state index in [1.54, 1.807) is 24.3 Å². The summed E-state index contributed by atoms with van der Waals surface area (Å²) < 4.78 is 17.0. The van der Waals surface area contributed by atoms with Crippen molar-refractivity contribution in [1.82, 2.24) is 10.6 Å². The van der Waals surface area contributed by atoms with Crippen LogP contribution in [0.15, 0.2) is 42.5 Å². The first-order chi connectivity index (χ1) is 14.9. The largest absolute Gasteiger partial charge is 0.485 e. The van der Waals surface area contributed by atoms with Gasteiger partial charge in [-0.2, -0.15) is 0 Å². The Hall–Kier alpha value is -2.93. The summed E-state index contributed by atoms with van der Waals surface area (Å²) >= 11 is 6.00. The highest BCUT2D eigenvalue weighted by Gasteiger charge is 2.69. The SMILES string of the molecule is Cc1cc(OCC(=O)NC23CC(NC(=O)[C@@H]4COc5ccccc5O4)(C2)C3)ccc1Cl. The Morgan fingerprint density at radius 2 is 1.81 bits per heavy atom. The van der Waals surface area contributed by atoms with Gasteiger partial charge in [0.15, 0.2) is 18.1 Å². The Labute approximate surface area is 185 Å². The summed E-state index contributed by atoms with van der Waals surface area (Å²) in [5.74, 6) is 1.47. The van der Waals surface area contributed by atoms with Gasteiger partial charge in [-0.25, -0.2) is 0 Å². The number of benzene rings is 2. The van der Waals surface area contributed by atoms with Gasteiger partial charge >= 0.3 is 0 Å². The van der Waals surface area contributed by atoms with Crippen LogP contribution in [0.3, 0.4) is 0 Å². The van der Waals surface area contributed by atoms with E-state index < -0.39 is 6.10 Å². The van der Waals surface area contributed by atoms with Crippen molar-refractivity contribution < 1.29 is 23.8 Å². The first-order valence-electron chi connectivity index (χ1n) is 10.3. The highest BCUT2D eigenvalue weighted by atomic mass is 35.5. The zero-order valence-corrected chi connectivity index (χ0v) is 17.8. The maximum atomic E-state index is 12.6. The third-order valence-corrected chi connectivity index (χ3v) is 6.55. The van der Waals surface area contributed by atoms with E-state index in [0.717, 1.165) is 5.56 Å². The Balaban J connectivity index is 1.08. The molecule has 2 amide bonds. The molecule has 6 rings (SSSR count). The van der Waals surface area contributed by atoms with Crippen LogP contribution < -0.4 is 24.8 Å². The maximum absolute atomic E-state index is 12.6. The molecule has 2 aromatic rings. The van der Waals surface area contributed by atoms with E-state index in [1.807, 2.05) is 25.1 Å². The molecule has 2 aromatic carbocycles. The number of hydrogen-bond donors (Lipinski definition) is 2. The number of nitrogens with one attached hydrogen (secondary N) is 2. The van der Waals surface area contributed by atoms with Gasteiger partial charge in [0.2, 0.25) is 6.10 Å². The van der Waals surface area contributed by atoms with Crippen LogP contribution in [0.1, 0.15) is 24.8 Å². The number of para-hydroxylation sites is 2. The number of amides is 2. The number of aryl methyl sites for hydroxylation is 1. The van der Waals surface area contributed by atoms with Crippen LogP contribution in [0.4, 0.5) is 0 Å². The third kappa shape index (κ3) is 3.78. The Bertz CT molecular complexity index is 1040. The van der Waals surface area contributed by atoms with Crippen molar-refractivity contribution in [3.8, 4) is 17.2 Å². The first kappa shape index (κ1) is 20.0. The zero-order valence-electron chi connectivity index (χ0n) is 17.1. The van der Waals surface area contributed by atoms with Gasteiger partial charge in [0.05, 0.1) is 0 Å². The van der Waals surface area contributed by atoms with E-state index in [-0.39, 0.29) is 36.1 Å². The number of halogens is 1. The topological polar surface area (TPSA) is 85.9 Å². The second-order valence-corrected chi connectivity index (χ2v) is 9.10. The molecule has 4 aliphatic rings. The number of ether oxygens (including phenoxy) is 3. The molecule has 0 spiro atoms. The number of rotatable bonds is 6. The molecule has 1 atom stereocenters. The predicted molar refractivity (Wildman–Crippen MR) is 114 cm³/mol. The van der Waals surface area contributed by atoms with Crippen LogP contribution >= 0.6 is 11.6 Å². The van der Waals surface area contributed by atoms with Gasteiger partial charge in [0.1, 0.15) is 12.4 Å². The Morgan fingerprint density at radius 1 is 1.10 bits per heavy atom. The molecule has 2 N–H and O–H groups in total. The van der Waals surface area contributed by atoms with Crippen molar-refractivity contribution in [2.45, 2.75) is 43.4 Å². The molecular weight excluding hydrogens is 420 g/mol. The molecule has 3 saturated carbocycles. The monoisotopic (exact) mass is 442 g/mol. The summed E-state index contributed by atoms with van der Waals surface area (Å²) in [6.45, 7) is 2.01. The van der Waals surface area contributed by atoms with Crippen LogP contribution in [0.25, 0.3) is 0 Å². The standard InChI is InChI=1S/C23H23ClN2O5/c1-14-8-15(6-7-16(14)24)29-10-20(27)25-22-11-23(12-22,13-22)26-21(28)19-9-30-17-4-2-3-5-18(17)31-19/h2-8,19H,9-13H2,1H3,(H,25,27)(H,26,28)/t19-,22?,23?/m0/s1. The number of fused-ring (bicyclic) bond motifs is 1. The van der Waals surface area contributed by atoms with E-state index in [9.17, 15) is 9.59 Å². The van der Waals surface area contributed by atoms with E-state index in [2.05, 4.69) is 10.6 Å². The molecule has 3 aliphatic carbocycles. The van der Waals surface area contributed by atoms with Crippen molar-refractivity contribution in [3.63, 3.8) is 0 Å². The summed E-state index contributed by atoms with van der Waals surface area (Å²) in [6.07, 6.45) is 1.45. The van der Waals surface area contributed by atoms with Gasteiger partial charge in [-0.05, 0) is 62.1 Å². The normalized spacial score (nSPS) is 27.4. The minimum absolute atomic E-state index is 0.0607. The second-order valence-electron chi connectivity index (χ2n) is 8.69. The minimum Gasteiger partial charge on any atom is -0.485 e. The van der Waals surface area contributed by atoms with Gasteiger partial charge in [-0.15, -0.1) is 0 Å².